The van der Waals surface area contributed by atoms with Crippen LogP contribution in [0.15, 0.2) is 12.1 Å². The van der Waals surface area contributed by atoms with Crippen LogP contribution in [0.25, 0.3) is 0 Å². The standard InChI is InChI=1S/C21H28ClNO5/c1-12-19-17(20(24)25)8-14(22)9-18(19)28-21(2,27-12)13-4-6-23(7-5-13)15-10-16(11-15)26-3/h8-9,12-13,15-16H,4-7,10-11H2,1-3H3,(H,24,25). The van der Waals surface area contributed by atoms with Crippen LogP contribution in [0.4, 0.5) is 0 Å². The summed E-state index contributed by atoms with van der Waals surface area (Å²) < 4.78 is 17.9. The minimum absolute atomic E-state index is 0.143. The summed E-state index contributed by atoms with van der Waals surface area (Å²) in [4.78, 5) is 14.2. The summed E-state index contributed by atoms with van der Waals surface area (Å²) in [5.41, 5.74) is 0.705. The highest BCUT2D eigenvalue weighted by molar-refractivity contribution is 6.31. The highest BCUT2D eigenvalue weighted by atomic mass is 35.5. The molecule has 1 saturated carbocycles. The summed E-state index contributed by atoms with van der Waals surface area (Å²) in [6.07, 6.45) is 4.25. The van der Waals surface area contributed by atoms with Crippen molar-refractivity contribution in [1.82, 2.24) is 4.90 Å². The van der Waals surface area contributed by atoms with E-state index in [1.54, 1.807) is 13.2 Å². The van der Waals surface area contributed by atoms with Gasteiger partial charge in [0.2, 0.25) is 5.79 Å². The number of aromatic carboxylic acids is 1. The zero-order chi connectivity index (χ0) is 20.1. The van der Waals surface area contributed by atoms with Crippen LogP contribution in [0.3, 0.4) is 0 Å². The van der Waals surface area contributed by atoms with Crippen molar-refractivity contribution in [3.8, 4) is 5.75 Å². The summed E-state index contributed by atoms with van der Waals surface area (Å²) in [5.74, 6) is -1.04. The molecule has 1 aliphatic carbocycles. The predicted molar refractivity (Wildman–Crippen MR) is 105 cm³/mol. The monoisotopic (exact) mass is 409 g/mol. The van der Waals surface area contributed by atoms with E-state index in [1.165, 1.54) is 6.07 Å². The van der Waals surface area contributed by atoms with Gasteiger partial charge in [-0.05, 0) is 57.8 Å². The maximum Gasteiger partial charge on any atom is 0.336 e. The number of fused-ring (bicyclic) bond motifs is 1. The Morgan fingerprint density at radius 2 is 2.00 bits per heavy atom. The fourth-order valence-electron chi connectivity index (χ4n) is 4.92. The molecule has 0 aromatic heterocycles. The van der Waals surface area contributed by atoms with Crippen LogP contribution in [0.5, 0.6) is 5.75 Å². The van der Waals surface area contributed by atoms with Crippen molar-refractivity contribution in [3.63, 3.8) is 0 Å². The fraction of sp³-hybridized carbons (Fsp3) is 0.667. The predicted octanol–water partition coefficient (Wildman–Crippen LogP) is 4.11. The van der Waals surface area contributed by atoms with Crippen LogP contribution < -0.4 is 4.74 Å². The largest absolute Gasteiger partial charge is 0.478 e. The number of hydrogen-bond donors (Lipinski definition) is 1. The Hall–Kier alpha value is -1.34. The molecule has 2 aliphatic heterocycles. The molecule has 1 aromatic carbocycles. The Balaban J connectivity index is 1.47. The van der Waals surface area contributed by atoms with Gasteiger partial charge in [-0.2, -0.15) is 0 Å². The normalized spacial score (nSPS) is 33.6. The molecule has 154 valence electrons. The van der Waals surface area contributed by atoms with Crippen molar-refractivity contribution in [3.05, 3.63) is 28.3 Å². The lowest BCUT2D eigenvalue weighted by atomic mass is 9.83. The number of carboxylic acids is 1. The number of nitrogens with zero attached hydrogens (tertiary/aromatic N) is 1. The third-order valence-corrected chi connectivity index (χ3v) is 6.88. The molecule has 2 unspecified atom stereocenters. The van der Waals surface area contributed by atoms with Gasteiger partial charge < -0.3 is 24.2 Å². The summed E-state index contributed by atoms with van der Waals surface area (Å²) >= 11 is 6.15. The van der Waals surface area contributed by atoms with Crippen molar-refractivity contribution in [2.75, 3.05) is 20.2 Å². The van der Waals surface area contributed by atoms with Gasteiger partial charge in [-0.3, -0.25) is 0 Å². The number of benzene rings is 1. The molecule has 2 atom stereocenters. The van der Waals surface area contributed by atoms with E-state index in [1.807, 2.05) is 13.8 Å². The molecular weight excluding hydrogens is 382 g/mol. The molecule has 0 amide bonds. The molecular formula is C21H28ClNO5. The molecule has 28 heavy (non-hydrogen) atoms. The topological polar surface area (TPSA) is 68.2 Å². The van der Waals surface area contributed by atoms with Crippen molar-refractivity contribution in [1.29, 1.82) is 0 Å². The summed E-state index contributed by atoms with van der Waals surface area (Å²) in [6.45, 7) is 5.89. The highest BCUT2D eigenvalue weighted by Crippen LogP contribution is 2.47. The Morgan fingerprint density at radius 1 is 1.32 bits per heavy atom. The average Bonchev–Trinajstić information content (AvgIpc) is 2.60. The molecule has 7 heteroatoms. The molecule has 0 radical (unpaired) electrons. The van der Waals surface area contributed by atoms with Crippen molar-refractivity contribution < 1.29 is 24.1 Å². The third kappa shape index (κ3) is 3.52. The lowest BCUT2D eigenvalue weighted by Gasteiger charge is -2.49. The number of carbonyl (C=O) groups is 1. The minimum atomic E-state index is -1.02. The number of methoxy groups -OCH3 is 1. The van der Waals surface area contributed by atoms with Gasteiger partial charge in [-0.25, -0.2) is 4.79 Å². The van der Waals surface area contributed by atoms with E-state index in [0.717, 1.165) is 38.8 Å². The number of piperidine rings is 1. The van der Waals surface area contributed by atoms with Crippen LogP contribution in [0.2, 0.25) is 5.02 Å². The first-order valence-electron chi connectivity index (χ1n) is 10.0. The van der Waals surface area contributed by atoms with Gasteiger partial charge in [-0.1, -0.05) is 11.6 Å². The first-order chi connectivity index (χ1) is 13.3. The van der Waals surface area contributed by atoms with Gasteiger partial charge in [0, 0.05) is 36.6 Å². The van der Waals surface area contributed by atoms with Crippen LogP contribution in [0, 0.1) is 5.92 Å². The number of halogens is 1. The molecule has 4 rings (SSSR count). The van der Waals surface area contributed by atoms with Gasteiger partial charge in [0.25, 0.3) is 0 Å². The van der Waals surface area contributed by atoms with E-state index >= 15 is 0 Å². The number of rotatable bonds is 4. The van der Waals surface area contributed by atoms with Crippen molar-refractivity contribution in [2.24, 2.45) is 5.92 Å². The average molecular weight is 410 g/mol. The Bertz CT molecular complexity index is 757. The highest BCUT2D eigenvalue weighted by Gasteiger charge is 2.46. The van der Waals surface area contributed by atoms with E-state index in [2.05, 4.69) is 4.90 Å². The zero-order valence-corrected chi connectivity index (χ0v) is 17.4. The quantitative estimate of drug-likeness (QED) is 0.806. The first kappa shape index (κ1) is 20.0. The van der Waals surface area contributed by atoms with E-state index in [9.17, 15) is 9.90 Å². The molecule has 6 nitrogen and oxygen atoms in total. The van der Waals surface area contributed by atoms with Gasteiger partial charge >= 0.3 is 5.97 Å². The summed E-state index contributed by atoms with van der Waals surface area (Å²) in [5, 5.41) is 9.89. The lowest BCUT2D eigenvalue weighted by molar-refractivity contribution is -0.251. The lowest BCUT2D eigenvalue weighted by Crippen LogP contribution is -2.55. The van der Waals surface area contributed by atoms with Crippen molar-refractivity contribution in [2.45, 2.75) is 63.6 Å². The third-order valence-electron chi connectivity index (χ3n) is 6.66. The smallest absolute Gasteiger partial charge is 0.336 e. The van der Waals surface area contributed by atoms with Gasteiger partial charge in [-0.15, -0.1) is 0 Å². The second-order valence-electron chi connectivity index (χ2n) is 8.34. The summed E-state index contributed by atoms with van der Waals surface area (Å²) in [7, 11) is 1.78. The van der Waals surface area contributed by atoms with Crippen LogP contribution in [-0.2, 0) is 9.47 Å². The maximum absolute atomic E-state index is 11.6. The van der Waals surface area contributed by atoms with Crippen LogP contribution >= 0.6 is 11.6 Å². The van der Waals surface area contributed by atoms with E-state index in [-0.39, 0.29) is 17.6 Å². The minimum Gasteiger partial charge on any atom is -0.478 e. The SMILES string of the molecule is COC1CC(N2CCC(C3(C)Oc4cc(Cl)cc(C(=O)O)c4C(C)O3)CC2)C1. The zero-order valence-electron chi connectivity index (χ0n) is 16.6. The van der Waals surface area contributed by atoms with E-state index < -0.39 is 11.8 Å². The molecule has 2 heterocycles. The number of likely N-dealkylation sites (tertiary alicyclic amines) is 1. The first-order valence-corrected chi connectivity index (χ1v) is 10.4. The maximum atomic E-state index is 11.6. The Morgan fingerprint density at radius 3 is 2.61 bits per heavy atom. The Kier molecular flexibility index (Phi) is 5.33. The molecule has 2 fully saturated rings. The van der Waals surface area contributed by atoms with Gasteiger partial charge in [0.05, 0.1) is 17.8 Å². The molecule has 0 spiro atoms. The molecule has 1 N–H and O–H groups in total. The molecule has 0 bridgehead atoms. The number of hydrogen-bond acceptors (Lipinski definition) is 5. The second kappa shape index (κ2) is 7.48. The van der Waals surface area contributed by atoms with E-state index in [4.69, 9.17) is 25.8 Å². The van der Waals surface area contributed by atoms with Crippen LogP contribution in [0.1, 0.15) is 61.6 Å². The molecule has 3 aliphatic rings. The van der Waals surface area contributed by atoms with Gasteiger partial charge in [0.15, 0.2) is 0 Å². The molecule has 1 aromatic rings. The fourth-order valence-corrected chi connectivity index (χ4v) is 5.13. The van der Waals surface area contributed by atoms with Gasteiger partial charge in [0.1, 0.15) is 5.75 Å². The van der Waals surface area contributed by atoms with Crippen LogP contribution in [-0.4, -0.2) is 54.1 Å². The molecule has 1 saturated heterocycles. The number of carboxylic acid groups (broad SMARTS) is 1. The number of ether oxygens (including phenoxy) is 3. The Labute approximate surface area is 170 Å². The second-order valence-corrected chi connectivity index (χ2v) is 8.78. The van der Waals surface area contributed by atoms with Crippen molar-refractivity contribution >= 4 is 17.6 Å². The summed E-state index contributed by atoms with van der Waals surface area (Å²) in [6, 6.07) is 3.79. The van der Waals surface area contributed by atoms with E-state index in [0.29, 0.717) is 28.5 Å².